The van der Waals surface area contributed by atoms with Gasteiger partial charge in [-0.05, 0) is 25.5 Å². The molecule has 0 atom stereocenters. The lowest BCUT2D eigenvalue weighted by atomic mass is 10.2. The Morgan fingerprint density at radius 2 is 2.00 bits per heavy atom. The SMILES string of the molecule is CCOC(=O)N1CCN(C(=O)CCCN2C(=O)/C(=C\c3ccco3)SC2=S)CC1. The standard InChI is InChI=1S/C19H23N3O5S2/c1-2-26-18(25)21-10-8-20(9-11-21)16(23)6-3-7-22-17(24)15(29-19(22)28)13-14-5-4-12-27-14/h4-5,12-13H,2-3,6-11H2,1H3/b15-13+. The molecule has 0 radical (unpaired) electrons. The summed E-state index contributed by atoms with van der Waals surface area (Å²) < 4.78 is 10.7. The lowest BCUT2D eigenvalue weighted by Crippen LogP contribution is -2.50. The fourth-order valence-electron chi connectivity index (χ4n) is 3.10. The first kappa shape index (κ1) is 21.4. The van der Waals surface area contributed by atoms with Crippen LogP contribution in [0.5, 0.6) is 0 Å². The number of piperazine rings is 1. The van der Waals surface area contributed by atoms with Gasteiger partial charge in [-0.3, -0.25) is 14.5 Å². The van der Waals surface area contributed by atoms with Gasteiger partial charge >= 0.3 is 6.09 Å². The van der Waals surface area contributed by atoms with Crippen LogP contribution < -0.4 is 0 Å². The zero-order valence-corrected chi connectivity index (χ0v) is 17.8. The Balaban J connectivity index is 1.43. The van der Waals surface area contributed by atoms with Gasteiger partial charge in [-0.2, -0.15) is 0 Å². The van der Waals surface area contributed by atoms with E-state index in [2.05, 4.69) is 0 Å². The molecule has 3 heterocycles. The number of ether oxygens (including phenoxy) is 1. The van der Waals surface area contributed by atoms with Gasteiger partial charge in [0.25, 0.3) is 5.91 Å². The molecule has 0 N–H and O–H groups in total. The van der Waals surface area contributed by atoms with E-state index < -0.39 is 0 Å². The van der Waals surface area contributed by atoms with Gasteiger partial charge < -0.3 is 19.0 Å². The molecule has 3 rings (SSSR count). The Morgan fingerprint density at radius 3 is 2.66 bits per heavy atom. The van der Waals surface area contributed by atoms with Crippen molar-refractivity contribution in [3.8, 4) is 0 Å². The maximum absolute atomic E-state index is 12.5. The summed E-state index contributed by atoms with van der Waals surface area (Å²) >= 11 is 6.54. The molecule has 0 unspecified atom stereocenters. The van der Waals surface area contributed by atoms with Crippen molar-refractivity contribution >= 4 is 52.3 Å². The zero-order chi connectivity index (χ0) is 20.8. The molecule has 0 saturated carbocycles. The highest BCUT2D eigenvalue weighted by Crippen LogP contribution is 2.32. The van der Waals surface area contributed by atoms with Crippen LogP contribution in [-0.4, -0.2) is 76.3 Å². The predicted octanol–water partition coefficient (Wildman–Crippen LogP) is 2.56. The van der Waals surface area contributed by atoms with E-state index in [4.69, 9.17) is 21.4 Å². The third-order valence-electron chi connectivity index (χ3n) is 4.62. The summed E-state index contributed by atoms with van der Waals surface area (Å²) in [5.74, 6) is 0.458. The van der Waals surface area contributed by atoms with Crippen LogP contribution in [0.25, 0.3) is 6.08 Å². The number of thioether (sulfide) groups is 1. The van der Waals surface area contributed by atoms with Crippen LogP contribution in [0.1, 0.15) is 25.5 Å². The van der Waals surface area contributed by atoms with Crippen LogP contribution in [0, 0.1) is 0 Å². The molecular formula is C19H23N3O5S2. The average molecular weight is 438 g/mol. The number of hydrogen-bond donors (Lipinski definition) is 0. The first-order valence-corrected chi connectivity index (χ1v) is 10.7. The summed E-state index contributed by atoms with van der Waals surface area (Å²) in [4.78, 5) is 42.1. The van der Waals surface area contributed by atoms with Gasteiger partial charge in [-0.25, -0.2) is 4.79 Å². The zero-order valence-electron chi connectivity index (χ0n) is 16.2. The van der Waals surface area contributed by atoms with Crippen LogP contribution in [0.3, 0.4) is 0 Å². The molecule has 3 amide bonds. The number of rotatable bonds is 6. The van der Waals surface area contributed by atoms with Crippen molar-refractivity contribution in [3.05, 3.63) is 29.1 Å². The van der Waals surface area contributed by atoms with Gasteiger partial charge in [-0.15, -0.1) is 0 Å². The molecule has 0 bridgehead atoms. The molecule has 8 nitrogen and oxygen atoms in total. The van der Waals surface area contributed by atoms with Crippen molar-refractivity contribution < 1.29 is 23.5 Å². The number of hydrogen-bond acceptors (Lipinski definition) is 7. The molecule has 2 aliphatic rings. The van der Waals surface area contributed by atoms with E-state index in [1.54, 1.807) is 41.2 Å². The van der Waals surface area contributed by atoms with Crippen molar-refractivity contribution in [1.82, 2.24) is 14.7 Å². The topological polar surface area (TPSA) is 83.3 Å². The highest BCUT2D eigenvalue weighted by atomic mass is 32.2. The molecule has 0 spiro atoms. The van der Waals surface area contributed by atoms with Gasteiger partial charge in [0.1, 0.15) is 10.1 Å². The van der Waals surface area contributed by atoms with Crippen LogP contribution in [0.15, 0.2) is 27.7 Å². The van der Waals surface area contributed by atoms with E-state index in [1.165, 1.54) is 16.7 Å². The summed E-state index contributed by atoms with van der Waals surface area (Å²) in [6.07, 6.45) is 3.74. The second-order valence-corrected chi connectivity index (χ2v) is 8.19. The molecule has 1 aromatic rings. The normalized spacial score (nSPS) is 18.7. The fraction of sp³-hybridized carbons (Fsp3) is 0.474. The maximum atomic E-state index is 12.5. The molecule has 2 aliphatic heterocycles. The summed E-state index contributed by atoms with van der Waals surface area (Å²) in [6, 6.07) is 3.53. The minimum Gasteiger partial charge on any atom is -0.465 e. The monoisotopic (exact) mass is 437 g/mol. The molecule has 156 valence electrons. The number of amides is 3. The van der Waals surface area contributed by atoms with E-state index in [1.807, 2.05) is 0 Å². The molecule has 2 saturated heterocycles. The molecule has 2 fully saturated rings. The van der Waals surface area contributed by atoms with E-state index >= 15 is 0 Å². The fourth-order valence-corrected chi connectivity index (χ4v) is 4.38. The number of furan rings is 1. The van der Waals surface area contributed by atoms with Gasteiger partial charge in [0.2, 0.25) is 5.91 Å². The highest BCUT2D eigenvalue weighted by molar-refractivity contribution is 8.26. The third-order valence-corrected chi connectivity index (χ3v) is 6.00. The predicted molar refractivity (Wildman–Crippen MR) is 113 cm³/mol. The Kier molecular flexibility index (Phi) is 7.32. The van der Waals surface area contributed by atoms with E-state index in [9.17, 15) is 14.4 Å². The average Bonchev–Trinajstić information content (AvgIpc) is 3.32. The molecule has 29 heavy (non-hydrogen) atoms. The van der Waals surface area contributed by atoms with Gasteiger partial charge in [0.15, 0.2) is 0 Å². The smallest absolute Gasteiger partial charge is 0.409 e. The number of carbonyl (C=O) groups is 3. The third kappa shape index (κ3) is 5.39. The van der Waals surface area contributed by atoms with E-state index in [0.29, 0.717) is 67.2 Å². The van der Waals surface area contributed by atoms with Crippen LogP contribution in [0.2, 0.25) is 0 Å². The van der Waals surface area contributed by atoms with E-state index in [0.717, 1.165) is 0 Å². The minimum atomic E-state index is -0.337. The lowest BCUT2D eigenvalue weighted by molar-refractivity contribution is -0.133. The quantitative estimate of drug-likeness (QED) is 0.500. The van der Waals surface area contributed by atoms with Gasteiger partial charge in [-0.1, -0.05) is 24.0 Å². The number of thiocarbonyl (C=S) groups is 1. The van der Waals surface area contributed by atoms with E-state index in [-0.39, 0.29) is 17.9 Å². The highest BCUT2D eigenvalue weighted by Gasteiger charge is 2.32. The Hall–Kier alpha value is -2.33. The van der Waals surface area contributed by atoms with Crippen LogP contribution in [-0.2, 0) is 14.3 Å². The first-order chi connectivity index (χ1) is 14.0. The van der Waals surface area contributed by atoms with Crippen molar-refractivity contribution in [2.24, 2.45) is 0 Å². The molecule has 10 heteroatoms. The Morgan fingerprint density at radius 1 is 1.28 bits per heavy atom. The Bertz CT molecular complexity index is 801. The van der Waals surface area contributed by atoms with Gasteiger partial charge in [0.05, 0.1) is 17.8 Å². The molecule has 0 aromatic carbocycles. The molecular weight excluding hydrogens is 414 g/mol. The summed E-state index contributed by atoms with van der Waals surface area (Å²) in [5.41, 5.74) is 0. The largest absolute Gasteiger partial charge is 0.465 e. The van der Waals surface area contributed by atoms with Crippen molar-refractivity contribution in [3.63, 3.8) is 0 Å². The molecule has 1 aromatic heterocycles. The number of nitrogens with zero attached hydrogens (tertiary/aromatic N) is 3. The molecule has 0 aliphatic carbocycles. The Labute approximate surface area is 178 Å². The lowest BCUT2D eigenvalue weighted by Gasteiger charge is -2.34. The summed E-state index contributed by atoms with van der Waals surface area (Å²) in [6.45, 7) is 4.42. The second-order valence-electron chi connectivity index (χ2n) is 6.52. The first-order valence-electron chi connectivity index (χ1n) is 9.48. The van der Waals surface area contributed by atoms with Crippen LogP contribution >= 0.6 is 24.0 Å². The second kappa shape index (κ2) is 9.93. The maximum Gasteiger partial charge on any atom is 0.409 e. The van der Waals surface area contributed by atoms with Crippen molar-refractivity contribution in [2.75, 3.05) is 39.3 Å². The minimum absolute atomic E-state index is 0.0186. The van der Waals surface area contributed by atoms with Crippen molar-refractivity contribution in [1.29, 1.82) is 0 Å². The van der Waals surface area contributed by atoms with Crippen molar-refractivity contribution in [2.45, 2.75) is 19.8 Å². The summed E-state index contributed by atoms with van der Waals surface area (Å²) in [7, 11) is 0. The number of carbonyl (C=O) groups excluding carboxylic acids is 3. The van der Waals surface area contributed by atoms with Gasteiger partial charge in [0, 0.05) is 45.2 Å². The summed E-state index contributed by atoms with van der Waals surface area (Å²) in [5, 5.41) is 0. The van der Waals surface area contributed by atoms with Crippen LogP contribution in [0.4, 0.5) is 4.79 Å².